The van der Waals surface area contributed by atoms with Crippen LogP contribution < -0.4 is 5.73 Å². The van der Waals surface area contributed by atoms with Gasteiger partial charge in [0, 0.05) is 36.5 Å². The van der Waals surface area contributed by atoms with Crippen LogP contribution >= 0.6 is 12.6 Å². The van der Waals surface area contributed by atoms with E-state index in [1.54, 1.807) is 0 Å². The molecule has 3 fully saturated rings. The Morgan fingerprint density at radius 1 is 1.11 bits per heavy atom. The number of ether oxygens (including phenoxy) is 2. The lowest BCUT2D eigenvalue weighted by Crippen LogP contribution is -2.58. The van der Waals surface area contributed by atoms with Crippen molar-refractivity contribution in [2.45, 2.75) is 103 Å². The van der Waals surface area contributed by atoms with Gasteiger partial charge in [-0.2, -0.15) is 12.6 Å². The summed E-state index contributed by atoms with van der Waals surface area (Å²) in [5, 5.41) is 23.6. The van der Waals surface area contributed by atoms with Crippen molar-refractivity contribution in [3.05, 3.63) is 46.5 Å². The van der Waals surface area contributed by atoms with Crippen LogP contribution in [0.4, 0.5) is 0 Å². The largest absolute Gasteiger partial charge is 0.392 e. The topological polar surface area (TPSA) is 84.9 Å². The molecule has 37 heavy (non-hydrogen) atoms. The van der Waals surface area contributed by atoms with Gasteiger partial charge in [-0.25, -0.2) is 0 Å². The first-order valence-electron chi connectivity index (χ1n) is 14.3. The van der Waals surface area contributed by atoms with Gasteiger partial charge in [0.2, 0.25) is 0 Å². The third-order valence-electron chi connectivity index (χ3n) is 10.3. The summed E-state index contributed by atoms with van der Waals surface area (Å²) in [5.74, 6) is 0.618. The molecular weight excluding hydrogens is 482 g/mol. The molecule has 5 rings (SSSR count). The molecule has 6 heteroatoms. The van der Waals surface area contributed by atoms with Crippen molar-refractivity contribution in [3.63, 3.8) is 0 Å². The third-order valence-corrected chi connectivity index (χ3v) is 10.6. The molecule has 1 heterocycles. The van der Waals surface area contributed by atoms with Crippen LogP contribution in [0.25, 0.3) is 0 Å². The maximum absolute atomic E-state index is 12.3. The molecule has 3 aliphatic carbocycles. The Labute approximate surface area is 228 Å². The molecule has 1 aliphatic heterocycles. The predicted octanol–water partition coefficient (Wildman–Crippen LogP) is 5.35. The molecule has 1 aromatic rings. The molecule has 206 valence electrons. The Hall–Kier alpha value is -0.890. The standard InChI is InChI=1S/C31H47NO4S/c1-5-24-22-10-12-30(34)17-31(35-18-28(2,3)19-36-31)13-11-25(30)27(22)23(14-29(24,4)26(33)16-37)21-8-6-20(15-32)7-9-21/h6-9,22-24,26,33-34,37H,5,10-19,32H2,1-4H3. The number of benzene rings is 1. The number of aliphatic hydroxyl groups excluding tert-OH is 1. The minimum atomic E-state index is -0.908. The van der Waals surface area contributed by atoms with Gasteiger partial charge in [0.1, 0.15) is 0 Å². The lowest BCUT2D eigenvalue weighted by atomic mass is 9.49. The fourth-order valence-electron chi connectivity index (χ4n) is 8.17. The summed E-state index contributed by atoms with van der Waals surface area (Å²) in [6.45, 7) is 10.7. The van der Waals surface area contributed by atoms with Gasteiger partial charge in [0.25, 0.3) is 0 Å². The maximum atomic E-state index is 12.3. The highest BCUT2D eigenvalue weighted by molar-refractivity contribution is 7.80. The lowest BCUT2D eigenvalue weighted by Gasteiger charge is -2.59. The fraction of sp³-hybridized carbons (Fsp3) is 0.742. The molecule has 6 atom stereocenters. The third kappa shape index (κ3) is 4.74. The van der Waals surface area contributed by atoms with Crippen LogP contribution in [0, 0.1) is 22.7 Å². The second kappa shape index (κ2) is 9.94. The predicted molar refractivity (Wildman–Crippen MR) is 150 cm³/mol. The maximum Gasteiger partial charge on any atom is 0.171 e. The zero-order chi connectivity index (χ0) is 26.6. The molecule has 5 nitrogen and oxygen atoms in total. The van der Waals surface area contributed by atoms with Crippen LogP contribution in [-0.2, 0) is 16.0 Å². The van der Waals surface area contributed by atoms with Gasteiger partial charge in [-0.15, -0.1) is 0 Å². The summed E-state index contributed by atoms with van der Waals surface area (Å²) < 4.78 is 12.7. The van der Waals surface area contributed by atoms with Crippen molar-refractivity contribution in [1.82, 2.24) is 0 Å². The molecular formula is C31H47NO4S. The summed E-state index contributed by atoms with van der Waals surface area (Å²) in [7, 11) is 0. The van der Waals surface area contributed by atoms with E-state index in [4.69, 9.17) is 15.2 Å². The average Bonchev–Trinajstić information content (AvgIpc) is 2.89. The van der Waals surface area contributed by atoms with Crippen LogP contribution in [0.2, 0.25) is 0 Å². The van der Waals surface area contributed by atoms with Gasteiger partial charge in [0.05, 0.1) is 24.9 Å². The summed E-state index contributed by atoms with van der Waals surface area (Å²) in [6, 6.07) is 8.68. The van der Waals surface area contributed by atoms with E-state index in [9.17, 15) is 10.2 Å². The number of aliphatic hydroxyl groups is 2. The molecule has 4 aliphatic rings. The van der Waals surface area contributed by atoms with E-state index in [-0.39, 0.29) is 16.7 Å². The van der Waals surface area contributed by atoms with Gasteiger partial charge >= 0.3 is 0 Å². The van der Waals surface area contributed by atoms with Crippen molar-refractivity contribution in [1.29, 1.82) is 0 Å². The molecule has 0 amide bonds. The number of hydrogen-bond acceptors (Lipinski definition) is 6. The van der Waals surface area contributed by atoms with Crippen molar-refractivity contribution >= 4 is 12.6 Å². The van der Waals surface area contributed by atoms with Crippen LogP contribution in [0.5, 0.6) is 0 Å². The zero-order valence-corrected chi connectivity index (χ0v) is 24.0. The monoisotopic (exact) mass is 529 g/mol. The number of rotatable bonds is 5. The van der Waals surface area contributed by atoms with Crippen molar-refractivity contribution < 1.29 is 19.7 Å². The number of fused-ring (bicyclic) bond motifs is 2. The van der Waals surface area contributed by atoms with Gasteiger partial charge in [0.15, 0.2) is 5.79 Å². The van der Waals surface area contributed by atoms with Gasteiger partial charge in [-0.3, -0.25) is 0 Å². The highest BCUT2D eigenvalue weighted by atomic mass is 32.1. The summed E-state index contributed by atoms with van der Waals surface area (Å²) in [6.07, 6.45) is 5.11. The molecule has 6 unspecified atom stereocenters. The van der Waals surface area contributed by atoms with E-state index in [1.807, 2.05) is 0 Å². The summed E-state index contributed by atoms with van der Waals surface area (Å²) in [4.78, 5) is 0. The number of hydrogen-bond donors (Lipinski definition) is 4. The summed E-state index contributed by atoms with van der Waals surface area (Å²) in [5.41, 5.74) is 9.78. The Morgan fingerprint density at radius 2 is 1.78 bits per heavy atom. The fourth-order valence-corrected chi connectivity index (χ4v) is 8.59. The smallest absolute Gasteiger partial charge is 0.171 e. The highest BCUT2D eigenvalue weighted by Crippen LogP contribution is 2.63. The second-order valence-corrected chi connectivity index (χ2v) is 13.7. The first-order chi connectivity index (χ1) is 17.5. The van der Waals surface area contributed by atoms with E-state index < -0.39 is 17.5 Å². The first kappa shape index (κ1) is 27.7. The van der Waals surface area contributed by atoms with E-state index >= 15 is 0 Å². The Balaban J connectivity index is 1.58. The Bertz CT molecular complexity index is 1010. The zero-order valence-electron chi connectivity index (χ0n) is 23.1. The van der Waals surface area contributed by atoms with Crippen molar-refractivity contribution in [3.8, 4) is 0 Å². The molecule has 0 radical (unpaired) electrons. The Kier molecular flexibility index (Phi) is 7.43. The second-order valence-electron chi connectivity index (χ2n) is 13.4. The van der Waals surface area contributed by atoms with Gasteiger partial charge < -0.3 is 25.4 Å². The molecule has 1 saturated heterocycles. The SMILES string of the molecule is CCC1C2CCC3(O)CC4(CCC3=C2C(c2ccc(CN)cc2)CC1(C)C(O)CS)OCC(C)(C)CO4. The molecule has 4 N–H and O–H groups in total. The molecule has 0 bridgehead atoms. The van der Waals surface area contributed by atoms with E-state index in [1.165, 1.54) is 16.7 Å². The molecule has 2 saturated carbocycles. The number of thiol groups is 1. The van der Waals surface area contributed by atoms with Crippen LogP contribution in [-0.4, -0.2) is 46.7 Å². The van der Waals surface area contributed by atoms with Crippen LogP contribution in [0.3, 0.4) is 0 Å². The van der Waals surface area contributed by atoms with E-state index in [2.05, 4.69) is 64.6 Å². The van der Waals surface area contributed by atoms with E-state index in [0.29, 0.717) is 43.8 Å². The summed E-state index contributed by atoms with van der Waals surface area (Å²) >= 11 is 4.53. The van der Waals surface area contributed by atoms with Gasteiger partial charge in [-0.1, -0.05) is 64.0 Å². The average molecular weight is 530 g/mol. The molecule has 1 spiro atoms. The van der Waals surface area contributed by atoms with Crippen molar-refractivity contribution in [2.24, 2.45) is 28.4 Å². The quantitative estimate of drug-likeness (QED) is 0.305. The number of nitrogens with two attached hydrogens (primary N) is 1. The molecule has 1 aromatic carbocycles. The van der Waals surface area contributed by atoms with Crippen LogP contribution in [0.1, 0.15) is 89.7 Å². The Morgan fingerprint density at radius 3 is 2.38 bits per heavy atom. The van der Waals surface area contributed by atoms with E-state index in [0.717, 1.165) is 44.1 Å². The lowest BCUT2D eigenvalue weighted by molar-refractivity contribution is -0.322. The minimum Gasteiger partial charge on any atom is -0.392 e. The van der Waals surface area contributed by atoms with Crippen molar-refractivity contribution in [2.75, 3.05) is 19.0 Å². The minimum absolute atomic E-state index is 0.00105. The normalized spacial score (nSPS) is 37.7. The number of allylic oxidation sites excluding steroid dienone is 1. The van der Waals surface area contributed by atoms with Gasteiger partial charge in [-0.05, 0) is 59.6 Å². The first-order valence-corrected chi connectivity index (χ1v) is 14.9. The molecule has 0 aromatic heterocycles. The highest BCUT2D eigenvalue weighted by Gasteiger charge is 2.58. The van der Waals surface area contributed by atoms with Crippen LogP contribution in [0.15, 0.2) is 35.4 Å².